The Balaban J connectivity index is 1.92. The highest BCUT2D eigenvalue weighted by atomic mass is 16.3. The average molecular weight is 256 g/mol. The van der Waals surface area contributed by atoms with E-state index in [1.807, 2.05) is 36.4 Å². The van der Waals surface area contributed by atoms with E-state index in [1.165, 1.54) is 6.92 Å². The van der Waals surface area contributed by atoms with E-state index in [9.17, 15) is 9.90 Å². The van der Waals surface area contributed by atoms with Crippen molar-refractivity contribution in [3.05, 3.63) is 54.1 Å². The fraction of sp³-hybridized carbons (Fsp3) is 0.133. The van der Waals surface area contributed by atoms with Gasteiger partial charge < -0.3 is 15.7 Å². The molecular weight excluding hydrogens is 240 g/mol. The van der Waals surface area contributed by atoms with E-state index in [4.69, 9.17) is 0 Å². The maximum absolute atomic E-state index is 10.9. The van der Waals surface area contributed by atoms with Gasteiger partial charge in [-0.1, -0.05) is 12.1 Å². The highest BCUT2D eigenvalue weighted by molar-refractivity contribution is 5.88. The third-order valence-electron chi connectivity index (χ3n) is 2.64. The van der Waals surface area contributed by atoms with E-state index >= 15 is 0 Å². The molecule has 0 aliphatic heterocycles. The number of hydrogen-bond acceptors (Lipinski definition) is 3. The summed E-state index contributed by atoms with van der Waals surface area (Å²) < 4.78 is 0. The molecule has 4 heteroatoms. The molecule has 98 valence electrons. The molecule has 0 bridgehead atoms. The molecule has 19 heavy (non-hydrogen) atoms. The maximum atomic E-state index is 10.9. The Morgan fingerprint density at radius 1 is 1.00 bits per heavy atom. The van der Waals surface area contributed by atoms with Gasteiger partial charge in [-0.05, 0) is 42.0 Å². The summed E-state index contributed by atoms with van der Waals surface area (Å²) in [6, 6.07) is 14.6. The SMILES string of the molecule is CC(=O)Nc1ccc(NCc2ccc(O)cc2)cc1. The number of hydrogen-bond donors (Lipinski definition) is 3. The Morgan fingerprint density at radius 2 is 1.58 bits per heavy atom. The van der Waals surface area contributed by atoms with E-state index in [1.54, 1.807) is 12.1 Å². The largest absolute Gasteiger partial charge is 0.508 e. The minimum Gasteiger partial charge on any atom is -0.508 e. The summed E-state index contributed by atoms with van der Waals surface area (Å²) in [7, 11) is 0. The van der Waals surface area contributed by atoms with Crippen molar-refractivity contribution in [3.63, 3.8) is 0 Å². The van der Waals surface area contributed by atoms with Crippen LogP contribution in [-0.2, 0) is 11.3 Å². The van der Waals surface area contributed by atoms with Crippen LogP contribution in [0.4, 0.5) is 11.4 Å². The van der Waals surface area contributed by atoms with E-state index < -0.39 is 0 Å². The molecule has 0 aliphatic rings. The van der Waals surface area contributed by atoms with Crippen LogP contribution in [0.2, 0.25) is 0 Å². The molecule has 0 unspecified atom stereocenters. The summed E-state index contributed by atoms with van der Waals surface area (Å²) in [5, 5.41) is 15.2. The second-order valence-electron chi connectivity index (χ2n) is 4.28. The molecule has 0 aliphatic carbocycles. The first-order chi connectivity index (χ1) is 9.13. The lowest BCUT2D eigenvalue weighted by Gasteiger charge is -2.08. The number of benzene rings is 2. The van der Waals surface area contributed by atoms with Crippen molar-refractivity contribution in [1.29, 1.82) is 0 Å². The first kappa shape index (κ1) is 13.0. The number of carbonyl (C=O) groups is 1. The lowest BCUT2D eigenvalue weighted by molar-refractivity contribution is -0.114. The number of amides is 1. The molecule has 4 nitrogen and oxygen atoms in total. The number of phenolic OH excluding ortho intramolecular Hbond substituents is 1. The van der Waals surface area contributed by atoms with Gasteiger partial charge in [0, 0.05) is 24.8 Å². The summed E-state index contributed by atoms with van der Waals surface area (Å²) >= 11 is 0. The van der Waals surface area contributed by atoms with Crippen molar-refractivity contribution in [2.75, 3.05) is 10.6 Å². The lowest BCUT2D eigenvalue weighted by Crippen LogP contribution is -2.05. The third kappa shape index (κ3) is 4.03. The standard InChI is InChI=1S/C15H16N2O2/c1-11(18)17-14-6-4-13(5-7-14)16-10-12-2-8-15(19)9-3-12/h2-9,16,19H,10H2,1H3,(H,17,18). The molecule has 0 saturated heterocycles. The summed E-state index contributed by atoms with van der Waals surface area (Å²) in [5.74, 6) is 0.188. The van der Waals surface area contributed by atoms with Crippen molar-refractivity contribution in [1.82, 2.24) is 0 Å². The van der Waals surface area contributed by atoms with E-state index in [2.05, 4.69) is 10.6 Å². The van der Waals surface area contributed by atoms with Crippen LogP contribution >= 0.6 is 0 Å². The van der Waals surface area contributed by atoms with Gasteiger partial charge in [-0.25, -0.2) is 0 Å². The smallest absolute Gasteiger partial charge is 0.221 e. The quantitative estimate of drug-likeness (QED) is 0.788. The molecule has 0 aromatic heterocycles. The van der Waals surface area contributed by atoms with Gasteiger partial charge in [0.15, 0.2) is 0 Å². The average Bonchev–Trinajstić information content (AvgIpc) is 2.39. The Bertz CT molecular complexity index is 547. The Labute approximate surface area is 112 Å². The normalized spacial score (nSPS) is 9.95. The molecule has 2 aromatic carbocycles. The number of phenols is 1. The van der Waals surface area contributed by atoms with Gasteiger partial charge in [0.1, 0.15) is 5.75 Å². The maximum Gasteiger partial charge on any atom is 0.221 e. The Kier molecular flexibility index (Phi) is 4.03. The molecule has 1 amide bonds. The van der Waals surface area contributed by atoms with E-state index in [0.29, 0.717) is 6.54 Å². The van der Waals surface area contributed by atoms with Crippen LogP contribution in [0.5, 0.6) is 5.75 Å². The summed E-state index contributed by atoms with van der Waals surface area (Å²) in [6.45, 7) is 2.16. The summed E-state index contributed by atoms with van der Waals surface area (Å²) in [4.78, 5) is 10.9. The number of anilines is 2. The molecule has 2 rings (SSSR count). The molecule has 0 saturated carbocycles. The first-order valence-corrected chi connectivity index (χ1v) is 6.03. The van der Waals surface area contributed by atoms with Crippen molar-refractivity contribution in [3.8, 4) is 5.75 Å². The summed E-state index contributed by atoms with van der Waals surface area (Å²) in [6.07, 6.45) is 0. The first-order valence-electron chi connectivity index (χ1n) is 6.03. The van der Waals surface area contributed by atoms with Crippen LogP contribution in [0, 0.1) is 0 Å². The van der Waals surface area contributed by atoms with Gasteiger partial charge in [0.05, 0.1) is 0 Å². The van der Waals surface area contributed by atoms with Crippen molar-refractivity contribution >= 4 is 17.3 Å². The van der Waals surface area contributed by atoms with Crippen LogP contribution in [0.1, 0.15) is 12.5 Å². The van der Waals surface area contributed by atoms with Gasteiger partial charge in [-0.3, -0.25) is 4.79 Å². The van der Waals surface area contributed by atoms with Crippen LogP contribution < -0.4 is 10.6 Å². The summed E-state index contributed by atoms with van der Waals surface area (Å²) in [5.41, 5.74) is 2.84. The van der Waals surface area contributed by atoms with Crippen LogP contribution in [0.3, 0.4) is 0 Å². The topological polar surface area (TPSA) is 61.4 Å². The molecule has 0 atom stereocenters. The fourth-order valence-electron chi connectivity index (χ4n) is 1.69. The van der Waals surface area contributed by atoms with Crippen LogP contribution in [0.25, 0.3) is 0 Å². The molecule has 3 N–H and O–H groups in total. The van der Waals surface area contributed by atoms with Gasteiger partial charge in [-0.2, -0.15) is 0 Å². The molecule has 0 spiro atoms. The zero-order chi connectivity index (χ0) is 13.7. The van der Waals surface area contributed by atoms with Gasteiger partial charge in [-0.15, -0.1) is 0 Å². The van der Waals surface area contributed by atoms with Crippen molar-refractivity contribution in [2.45, 2.75) is 13.5 Å². The van der Waals surface area contributed by atoms with E-state index in [0.717, 1.165) is 16.9 Å². The van der Waals surface area contributed by atoms with Gasteiger partial charge in [0.2, 0.25) is 5.91 Å². The van der Waals surface area contributed by atoms with Gasteiger partial charge in [0.25, 0.3) is 0 Å². The molecule has 0 fully saturated rings. The Morgan fingerprint density at radius 3 is 2.16 bits per heavy atom. The van der Waals surface area contributed by atoms with Crippen molar-refractivity contribution in [2.24, 2.45) is 0 Å². The minimum atomic E-state index is -0.0789. The lowest BCUT2D eigenvalue weighted by atomic mass is 10.2. The number of aromatic hydroxyl groups is 1. The Hall–Kier alpha value is -2.49. The zero-order valence-corrected chi connectivity index (χ0v) is 10.7. The molecular formula is C15H16N2O2. The second kappa shape index (κ2) is 5.91. The van der Waals surface area contributed by atoms with E-state index in [-0.39, 0.29) is 11.7 Å². The zero-order valence-electron chi connectivity index (χ0n) is 10.7. The minimum absolute atomic E-state index is 0.0789. The third-order valence-corrected chi connectivity index (χ3v) is 2.64. The second-order valence-corrected chi connectivity index (χ2v) is 4.28. The number of carbonyl (C=O) groups excluding carboxylic acids is 1. The van der Waals surface area contributed by atoms with Crippen molar-refractivity contribution < 1.29 is 9.90 Å². The molecule has 0 heterocycles. The highest BCUT2D eigenvalue weighted by Crippen LogP contribution is 2.15. The number of nitrogens with one attached hydrogen (secondary N) is 2. The molecule has 2 aromatic rings. The highest BCUT2D eigenvalue weighted by Gasteiger charge is 1.97. The van der Waals surface area contributed by atoms with Gasteiger partial charge >= 0.3 is 0 Å². The van der Waals surface area contributed by atoms with Crippen LogP contribution in [0.15, 0.2) is 48.5 Å². The monoisotopic (exact) mass is 256 g/mol. The predicted octanol–water partition coefficient (Wildman–Crippen LogP) is 2.96. The predicted molar refractivity (Wildman–Crippen MR) is 76.2 cm³/mol. The fourth-order valence-corrected chi connectivity index (χ4v) is 1.69. The molecule has 0 radical (unpaired) electrons. The number of rotatable bonds is 4. The van der Waals surface area contributed by atoms with Crippen LogP contribution in [-0.4, -0.2) is 11.0 Å².